The van der Waals surface area contributed by atoms with E-state index in [0.717, 1.165) is 6.07 Å². The van der Waals surface area contributed by atoms with Crippen LogP contribution in [0.2, 0.25) is 0 Å². The smallest absolute Gasteiger partial charge is 0.407 e. The molecule has 2 aromatic heterocycles. The van der Waals surface area contributed by atoms with Crippen LogP contribution in [0.3, 0.4) is 0 Å². The van der Waals surface area contributed by atoms with Crippen LogP contribution in [-0.4, -0.2) is 63.3 Å². The number of hydrogen-bond acceptors (Lipinski definition) is 7. The number of rotatable bonds is 4. The van der Waals surface area contributed by atoms with E-state index in [4.69, 9.17) is 15.2 Å². The van der Waals surface area contributed by atoms with Gasteiger partial charge in [0.1, 0.15) is 17.1 Å². The zero-order valence-electron chi connectivity index (χ0n) is 19.2. The molecule has 0 radical (unpaired) electrons. The molecule has 1 unspecified atom stereocenters. The van der Waals surface area contributed by atoms with Gasteiger partial charge in [-0.2, -0.15) is 5.10 Å². The summed E-state index contributed by atoms with van der Waals surface area (Å²) in [5.74, 6) is 2.66. The number of amides is 1. The minimum absolute atomic E-state index is 0.0530. The van der Waals surface area contributed by atoms with E-state index >= 15 is 0 Å². The van der Waals surface area contributed by atoms with Crippen molar-refractivity contribution >= 4 is 22.8 Å². The molecule has 0 spiro atoms. The Morgan fingerprint density at radius 1 is 1.26 bits per heavy atom. The number of aromatic nitrogens is 3. The lowest BCUT2D eigenvalue weighted by Crippen LogP contribution is -2.27. The maximum atomic E-state index is 14.8. The number of fused-ring (bicyclic) bond motifs is 1. The number of carboxylic acid groups (broad SMARTS) is 1. The summed E-state index contributed by atoms with van der Waals surface area (Å²) in [7, 11) is 2.46. The number of nitrogens with two attached hydrogens (primary N) is 1. The summed E-state index contributed by atoms with van der Waals surface area (Å²) in [5, 5.41) is 24.5. The van der Waals surface area contributed by atoms with Crippen LogP contribution in [0.1, 0.15) is 42.3 Å². The zero-order chi connectivity index (χ0) is 25.4. The van der Waals surface area contributed by atoms with Crippen molar-refractivity contribution in [3.8, 4) is 23.3 Å². The lowest BCUT2D eigenvalue weighted by atomic mass is 10.1. The maximum absolute atomic E-state index is 14.8. The second kappa shape index (κ2) is 9.27. The minimum atomic E-state index is -1.06. The average molecular weight is 487 g/mol. The predicted octanol–water partition coefficient (Wildman–Crippen LogP) is 2.69. The van der Waals surface area contributed by atoms with Crippen LogP contribution in [0.25, 0.3) is 10.9 Å². The van der Waals surface area contributed by atoms with Crippen LogP contribution >= 0.6 is 0 Å². The number of aliphatic hydroxyl groups is 1. The van der Waals surface area contributed by atoms with Gasteiger partial charge in [0.05, 0.1) is 37.3 Å². The lowest BCUT2D eigenvalue weighted by Gasteiger charge is -2.16. The molecule has 1 saturated heterocycles. The monoisotopic (exact) mass is 487 g/mol. The van der Waals surface area contributed by atoms with Crippen molar-refractivity contribution in [2.75, 3.05) is 33.0 Å². The molecule has 0 bridgehead atoms. The maximum Gasteiger partial charge on any atom is 0.407 e. The molecule has 0 aliphatic carbocycles. The van der Waals surface area contributed by atoms with Crippen LogP contribution in [0.4, 0.5) is 19.4 Å². The van der Waals surface area contributed by atoms with Gasteiger partial charge in [-0.1, -0.05) is 5.92 Å². The van der Waals surface area contributed by atoms with Gasteiger partial charge in [-0.15, -0.1) is 0 Å². The molecular formula is C23H23F2N5O5. The van der Waals surface area contributed by atoms with E-state index in [0.29, 0.717) is 29.4 Å². The predicted molar refractivity (Wildman–Crippen MR) is 121 cm³/mol. The van der Waals surface area contributed by atoms with Gasteiger partial charge in [0.15, 0.2) is 23.1 Å². The van der Waals surface area contributed by atoms with Gasteiger partial charge in [-0.25, -0.2) is 18.6 Å². The topological polar surface area (TPSA) is 136 Å². The summed E-state index contributed by atoms with van der Waals surface area (Å²) in [5.41, 5.74) is 6.45. The third-order valence-electron chi connectivity index (χ3n) is 5.89. The Balaban J connectivity index is 1.93. The van der Waals surface area contributed by atoms with Crippen molar-refractivity contribution in [3.63, 3.8) is 0 Å². The summed E-state index contributed by atoms with van der Waals surface area (Å²) < 4.78 is 41.1. The second-order valence-electron chi connectivity index (χ2n) is 8.00. The molecule has 184 valence electrons. The van der Waals surface area contributed by atoms with Crippen molar-refractivity contribution in [3.05, 3.63) is 40.7 Å². The summed E-state index contributed by atoms with van der Waals surface area (Å²) in [6.45, 7) is 2.00. The van der Waals surface area contributed by atoms with Crippen molar-refractivity contribution in [1.82, 2.24) is 19.7 Å². The molecule has 1 amide bonds. The highest BCUT2D eigenvalue weighted by molar-refractivity contribution is 5.95. The van der Waals surface area contributed by atoms with Crippen molar-refractivity contribution < 1.29 is 33.3 Å². The van der Waals surface area contributed by atoms with Gasteiger partial charge in [-0.05, 0) is 19.3 Å². The third-order valence-corrected chi connectivity index (χ3v) is 5.89. The molecule has 10 nitrogen and oxygen atoms in total. The lowest BCUT2D eigenvalue weighted by molar-refractivity contribution is 0.154. The van der Waals surface area contributed by atoms with Crippen LogP contribution in [-0.2, 0) is 0 Å². The molecule has 1 aromatic carbocycles. The highest BCUT2D eigenvalue weighted by atomic mass is 19.1. The quantitative estimate of drug-likeness (QED) is 0.478. The SMILES string of the molecule is COc1cc(OC)c(F)c(C#Cc2nn([C@H]3CCN(C(=O)O)C3)c3c(C(C)O)cnc(N)c23)c1F. The van der Waals surface area contributed by atoms with Gasteiger partial charge < -0.3 is 30.3 Å². The number of methoxy groups -OCH3 is 2. The first-order valence-electron chi connectivity index (χ1n) is 10.6. The Kier molecular flexibility index (Phi) is 6.36. The van der Waals surface area contributed by atoms with Gasteiger partial charge in [-0.3, -0.25) is 4.68 Å². The number of pyridine rings is 1. The number of hydrogen-bond donors (Lipinski definition) is 3. The molecule has 2 atom stereocenters. The van der Waals surface area contributed by atoms with Gasteiger partial charge >= 0.3 is 6.09 Å². The van der Waals surface area contributed by atoms with Gasteiger partial charge in [0.25, 0.3) is 0 Å². The summed E-state index contributed by atoms with van der Waals surface area (Å²) in [6, 6.07) is 0.708. The summed E-state index contributed by atoms with van der Waals surface area (Å²) in [6.07, 6.45) is -0.128. The Hall–Kier alpha value is -4.11. The van der Waals surface area contributed by atoms with Crippen molar-refractivity contribution in [2.24, 2.45) is 0 Å². The number of ether oxygens (including phenoxy) is 2. The fourth-order valence-electron chi connectivity index (χ4n) is 4.11. The zero-order valence-corrected chi connectivity index (χ0v) is 19.2. The summed E-state index contributed by atoms with van der Waals surface area (Å²) >= 11 is 0. The molecule has 3 heterocycles. The third kappa shape index (κ3) is 4.15. The Morgan fingerprint density at radius 3 is 2.46 bits per heavy atom. The number of anilines is 1. The van der Waals surface area contributed by atoms with Crippen LogP contribution in [0.5, 0.6) is 11.5 Å². The van der Waals surface area contributed by atoms with E-state index in [-0.39, 0.29) is 35.6 Å². The molecule has 1 aliphatic rings. The number of likely N-dealkylation sites (tertiary alicyclic amines) is 1. The first kappa shape index (κ1) is 24.0. The number of nitrogens with zero attached hydrogens (tertiary/aromatic N) is 4. The highest BCUT2D eigenvalue weighted by Gasteiger charge is 2.31. The van der Waals surface area contributed by atoms with E-state index in [1.165, 1.54) is 25.3 Å². The molecule has 4 rings (SSSR count). The molecule has 12 heteroatoms. The summed E-state index contributed by atoms with van der Waals surface area (Å²) in [4.78, 5) is 16.8. The van der Waals surface area contributed by atoms with Crippen molar-refractivity contribution in [1.29, 1.82) is 0 Å². The number of halogens is 2. The fourth-order valence-corrected chi connectivity index (χ4v) is 4.11. The van der Waals surface area contributed by atoms with E-state index in [1.807, 2.05) is 0 Å². The number of carbonyl (C=O) groups is 1. The highest BCUT2D eigenvalue weighted by Crippen LogP contribution is 2.35. The van der Waals surface area contributed by atoms with E-state index < -0.39 is 29.4 Å². The van der Waals surface area contributed by atoms with E-state index in [2.05, 4.69) is 21.9 Å². The molecule has 3 aromatic rings. The molecule has 35 heavy (non-hydrogen) atoms. The molecular weight excluding hydrogens is 464 g/mol. The number of aliphatic hydroxyl groups excluding tert-OH is 1. The Morgan fingerprint density at radius 2 is 1.91 bits per heavy atom. The second-order valence-corrected chi connectivity index (χ2v) is 8.00. The van der Waals surface area contributed by atoms with Crippen molar-refractivity contribution in [2.45, 2.75) is 25.5 Å². The first-order valence-corrected chi connectivity index (χ1v) is 10.6. The first-order chi connectivity index (χ1) is 16.7. The van der Waals surface area contributed by atoms with E-state index in [9.17, 15) is 23.8 Å². The molecule has 4 N–H and O–H groups in total. The van der Waals surface area contributed by atoms with Crippen LogP contribution in [0, 0.1) is 23.5 Å². The Bertz CT molecular complexity index is 1350. The largest absolute Gasteiger partial charge is 0.493 e. The molecule has 1 fully saturated rings. The van der Waals surface area contributed by atoms with Crippen LogP contribution in [0.15, 0.2) is 12.3 Å². The molecule has 1 aliphatic heterocycles. The van der Waals surface area contributed by atoms with Gasteiger partial charge in [0.2, 0.25) is 0 Å². The standard InChI is InChI=1S/C23H23F2N5O5/c1-11(31)14-9-27-22(26)18-15(28-30(21(14)18)12-6-7-29(10-12)23(32)33)5-4-13-19(24)16(34-2)8-17(35-3)20(13)25/h8-9,11-12,31H,6-7,10H2,1-3H3,(H2,26,27)(H,32,33)/t11?,12-/m0/s1. The normalized spacial score (nSPS) is 16.2. The van der Waals surface area contributed by atoms with Crippen LogP contribution < -0.4 is 15.2 Å². The number of nitrogen functional groups attached to an aromatic ring is 1. The average Bonchev–Trinajstić information content (AvgIpc) is 3.45. The minimum Gasteiger partial charge on any atom is -0.493 e. The molecule has 0 saturated carbocycles. The van der Waals surface area contributed by atoms with Gasteiger partial charge in [0, 0.05) is 30.9 Å². The van der Waals surface area contributed by atoms with E-state index in [1.54, 1.807) is 11.6 Å². The number of benzene rings is 1. The Labute approximate surface area is 198 Å². The fraction of sp³-hybridized carbons (Fsp3) is 0.348.